The number of carbonyl (C=O) groups is 1. The summed E-state index contributed by atoms with van der Waals surface area (Å²) in [6.07, 6.45) is 2.94. The average molecular weight is 314 g/mol. The van der Waals surface area contributed by atoms with Gasteiger partial charge in [-0.1, -0.05) is 6.07 Å². The third-order valence-corrected chi connectivity index (χ3v) is 5.19. The lowest BCUT2D eigenvalue weighted by molar-refractivity contribution is 0.00174. The summed E-state index contributed by atoms with van der Waals surface area (Å²) in [6, 6.07) is 6.04. The van der Waals surface area contributed by atoms with E-state index in [1.165, 1.54) is 11.3 Å². The number of rotatable bonds is 3. The molecule has 0 unspecified atom stereocenters. The first-order chi connectivity index (χ1) is 10.7. The molecule has 0 saturated carbocycles. The molecule has 0 aromatic carbocycles. The largest absolute Gasteiger partial charge is 0.337 e. The van der Waals surface area contributed by atoms with Crippen molar-refractivity contribution in [1.82, 2.24) is 19.8 Å². The monoisotopic (exact) mass is 314 g/mol. The van der Waals surface area contributed by atoms with E-state index in [2.05, 4.69) is 20.9 Å². The molecule has 2 fully saturated rings. The molecule has 2 aromatic heterocycles. The molecule has 4 rings (SSSR count). The van der Waals surface area contributed by atoms with Crippen LogP contribution < -0.4 is 0 Å². The maximum absolute atomic E-state index is 12.4. The van der Waals surface area contributed by atoms with Gasteiger partial charge in [-0.05, 0) is 18.6 Å². The topological polar surface area (TPSA) is 49.3 Å². The van der Waals surface area contributed by atoms with E-state index in [1.807, 2.05) is 28.6 Å². The molecule has 2 saturated heterocycles. The number of hydrogen-bond acceptors (Lipinski definition) is 5. The Kier molecular flexibility index (Phi) is 3.43. The highest BCUT2D eigenvalue weighted by Crippen LogP contribution is 2.40. The number of likely N-dealkylation sites (tertiary alicyclic amines) is 2. The second-order valence-electron chi connectivity index (χ2n) is 6.32. The van der Waals surface area contributed by atoms with Crippen molar-refractivity contribution in [2.75, 3.05) is 26.2 Å². The Balaban J connectivity index is 1.33. The molecule has 0 aliphatic carbocycles. The predicted octanol–water partition coefficient (Wildman–Crippen LogP) is 1.89. The van der Waals surface area contributed by atoms with Crippen LogP contribution in [-0.4, -0.2) is 51.9 Å². The number of nitrogens with zero attached hydrogens (tertiary/aromatic N) is 4. The zero-order valence-corrected chi connectivity index (χ0v) is 13.1. The predicted molar refractivity (Wildman–Crippen MR) is 84.6 cm³/mol. The van der Waals surface area contributed by atoms with Gasteiger partial charge in [0.15, 0.2) is 0 Å². The van der Waals surface area contributed by atoms with Gasteiger partial charge in [0, 0.05) is 49.7 Å². The van der Waals surface area contributed by atoms with Gasteiger partial charge in [0.1, 0.15) is 5.69 Å². The number of amides is 1. The minimum absolute atomic E-state index is 0.0845. The molecular formula is C16H18N4OS. The van der Waals surface area contributed by atoms with Gasteiger partial charge >= 0.3 is 0 Å². The van der Waals surface area contributed by atoms with Crippen LogP contribution in [0.15, 0.2) is 35.3 Å². The van der Waals surface area contributed by atoms with Gasteiger partial charge in [-0.15, -0.1) is 11.3 Å². The molecule has 1 spiro atoms. The highest BCUT2D eigenvalue weighted by molar-refractivity contribution is 7.07. The molecule has 0 atom stereocenters. The molecule has 114 valence electrons. The molecule has 0 bridgehead atoms. The van der Waals surface area contributed by atoms with Crippen molar-refractivity contribution in [3.8, 4) is 0 Å². The fourth-order valence-corrected chi connectivity index (χ4v) is 4.11. The van der Waals surface area contributed by atoms with Gasteiger partial charge in [-0.25, -0.2) is 4.98 Å². The highest BCUT2D eigenvalue weighted by Gasteiger charge is 2.48. The lowest BCUT2D eigenvalue weighted by Crippen LogP contribution is -2.57. The summed E-state index contributed by atoms with van der Waals surface area (Å²) in [4.78, 5) is 25.2. The van der Waals surface area contributed by atoms with Gasteiger partial charge in [0.2, 0.25) is 0 Å². The van der Waals surface area contributed by atoms with E-state index in [0.29, 0.717) is 11.1 Å². The lowest BCUT2D eigenvalue weighted by Gasteiger charge is -2.48. The van der Waals surface area contributed by atoms with Crippen molar-refractivity contribution < 1.29 is 4.79 Å². The molecule has 6 heteroatoms. The minimum Gasteiger partial charge on any atom is -0.337 e. The fourth-order valence-electron chi connectivity index (χ4n) is 3.58. The molecule has 1 amide bonds. The normalized spacial score (nSPS) is 20.3. The zero-order chi connectivity index (χ0) is 15.0. The van der Waals surface area contributed by atoms with Gasteiger partial charge in [-0.2, -0.15) is 0 Å². The smallest absolute Gasteiger partial charge is 0.273 e. The Morgan fingerprint density at radius 3 is 2.91 bits per heavy atom. The maximum Gasteiger partial charge on any atom is 0.273 e. The standard InChI is InChI=1S/C16H18N4OS/c21-15(14-8-22-12-18-14)20-6-4-16(11-20)9-19(10-16)7-13-3-1-2-5-17-13/h1-3,5,8,12H,4,6-7,9-11H2. The number of thiazole rings is 1. The maximum atomic E-state index is 12.4. The molecule has 0 radical (unpaired) electrons. The summed E-state index contributed by atoms with van der Waals surface area (Å²) in [7, 11) is 0. The Morgan fingerprint density at radius 1 is 1.27 bits per heavy atom. The third kappa shape index (κ3) is 2.53. The second kappa shape index (κ2) is 5.44. The van der Waals surface area contributed by atoms with Crippen molar-refractivity contribution in [3.63, 3.8) is 0 Å². The van der Waals surface area contributed by atoms with Gasteiger partial charge in [0.25, 0.3) is 5.91 Å². The van der Waals surface area contributed by atoms with Crippen molar-refractivity contribution in [2.45, 2.75) is 13.0 Å². The van der Waals surface area contributed by atoms with Crippen LogP contribution >= 0.6 is 11.3 Å². The Hall–Kier alpha value is -1.79. The number of carbonyl (C=O) groups excluding carboxylic acids is 1. The SMILES string of the molecule is O=C(c1cscn1)N1CCC2(CN(Cc3ccccn3)C2)C1. The Labute approximate surface area is 133 Å². The number of hydrogen-bond donors (Lipinski definition) is 0. The molecular weight excluding hydrogens is 296 g/mol. The van der Waals surface area contributed by atoms with Gasteiger partial charge < -0.3 is 4.90 Å². The summed E-state index contributed by atoms with van der Waals surface area (Å²) in [6.45, 7) is 4.74. The molecule has 4 heterocycles. The fraction of sp³-hybridized carbons (Fsp3) is 0.438. The molecule has 2 aliphatic rings. The van der Waals surface area contributed by atoms with E-state index in [0.717, 1.165) is 44.8 Å². The van der Waals surface area contributed by atoms with Crippen molar-refractivity contribution in [1.29, 1.82) is 0 Å². The van der Waals surface area contributed by atoms with Crippen LogP contribution in [0.25, 0.3) is 0 Å². The first-order valence-corrected chi connectivity index (χ1v) is 8.48. The second-order valence-corrected chi connectivity index (χ2v) is 7.04. The first-order valence-electron chi connectivity index (χ1n) is 7.54. The van der Waals surface area contributed by atoms with E-state index >= 15 is 0 Å². The zero-order valence-electron chi connectivity index (χ0n) is 12.3. The highest BCUT2D eigenvalue weighted by atomic mass is 32.1. The molecule has 5 nitrogen and oxygen atoms in total. The minimum atomic E-state index is 0.0845. The van der Waals surface area contributed by atoms with E-state index in [-0.39, 0.29) is 5.91 Å². The van der Waals surface area contributed by atoms with Crippen LogP contribution in [0.4, 0.5) is 0 Å². The van der Waals surface area contributed by atoms with Crippen molar-refractivity contribution >= 4 is 17.2 Å². The van der Waals surface area contributed by atoms with Gasteiger partial charge in [-0.3, -0.25) is 14.7 Å². The summed E-state index contributed by atoms with van der Waals surface area (Å²) >= 11 is 1.47. The molecule has 22 heavy (non-hydrogen) atoms. The summed E-state index contributed by atoms with van der Waals surface area (Å²) in [5.74, 6) is 0.0845. The van der Waals surface area contributed by atoms with E-state index in [9.17, 15) is 4.79 Å². The van der Waals surface area contributed by atoms with E-state index < -0.39 is 0 Å². The van der Waals surface area contributed by atoms with Crippen LogP contribution in [0.5, 0.6) is 0 Å². The van der Waals surface area contributed by atoms with Crippen molar-refractivity contribution in [2.24, 2.45) is 5.41 Å². The Bertz CT molecular complexity index is 652. The quantitative estimate of drug-likeness (QED) is 0.868. The van der Waals surface area contributed by atoms with Gasteiger partial charge in [0.05, 0.1) is 11.2 Å². The lowest BCUT2D eigenvalue weighted by atomic mass is 9.79. The summed E-state index contributed by atoms with van der Waals surface area (Å²) in [5, 5.41) is 1.83. The average Bonchev–Trinajstić information content (AvgIpc) is 3.17. The van der Waals surface area contributed by atoms with E-state index in [1.54, 1.807) is 5.51 Å². The molecule has 2 aliphatic heterocycles. The van der Waals surface area contributed by atoms with Crippen LogP contribution in [-0.2, 0) is 6.54 Å². The van der Waals surface area contributed by atoms with Crippen molar-refractivity contribution in [3.05, 3.63) is 46.7 Å². The first kappa shape index (κ1) is 13.8. The Morgan fingerprint density at radius 2 is 2.18 bits per heavy atom. The molecule has 2 aromatic rings. The summed E-state index contributed by atoms with van der Waals surface area (Å²) < 4.78 is 0. The van der Waals surface area contributed by atoms with Crippen LogP contribution in [0.1, 0.15) is 22.6 Å². The summed E-state index contributed by atoms with van der Waals surface area (Å²) in [5.41, 5.74) is 3.72. The van der Waals surface area contributed by atoms with E-state index in [4.69, 9.17) is 0 Å². The van der Waals surface area contributed by atoms with Crippen LogP contribution in [0, 0.1) is 5.41 Å². The molecule has 0 N–H and O–H groups in total. The van der Waals surface area contributed by atoms with Crippen LogP contribution in [0.2, 0.25) is 0 Å². The van der Waals surface area contributed by atoms with Crippen LogP contribution in [0.3, 0.4) is 0 Å². The third-order valence-electron chi connectivity index (χ3n) is 4.61. The number of aromatic nitrogens is 2. The number of pyridine rings is 1.